The van der Waals surface area contributed by atoms with Crippen molar-refractivity contribution < 1.29 is 34.1 Å². The van der Waals surface area contributed by atoms with E-state index in [9.17, 15) is 19.2 Å². The van der Waals surface area contributed by atoms with Crippen molar-refractivity contribution in [2.75, 3.05) is 0 Å². The molecule has 7 nitrogen and oxygen atoms in total. The molecule has 124 valence electrons. The first-order valence-electron chi connectivity index (χ1n) is 7.43. The van der Waals surface area contributed by atoms with Gasteiger partial charge in [0.25, 0.3) is 0 Å². The second-order valence-electron chi connectivity index (χ2n) is 5.73. The van der Waals surface area contributed by atoms with Gasteiger partial charge in [-0.2, -0.15) is 0 Å². The molecule has 0 aromatic heterocycles. The minimum atomic E-state index is -1.02. The molecular weight excluding hydrogens is 304 g/mol. The molecule has 0 aromatic carbocycles. The maximum atomic E-state index is 10.9. The molecule has 4 unspecified atom stereocenters. The quantitative estimate of drug-likeness (QED) is 0.448. The summed E-state index contributed by atoms with van der Waals surface area (Å²) in [6, 6.07) is 0. The van der Waals surface area contributed by atoms with Crippen molar-refractivity contribution in [2.45, 2.75) is 25.7 Å². The van der Waals surface area contributed by atoms with E-state index in [0.29, 0.717) is 25.7 Å². The number of carboxylic acids is 2. The summed E-state index contributed by atoms with van der Waals surface area (Å²) in [5, 5.41) is 17.3. The van der Waals surface area contributed by atoms with E-state index in [1.165, 1.54) is 0 Å². The second-order valence-corrected chi connectivity index (χ2v) is 5.73. The molecule has 1 aliphatic heterocycles. The number of carboxylic acid groups (broad SMARTS) is 2. The van der Waals surface area contributed by atoms with Crippen LogP contribution in [0.2, 0.25) is 0 Å². The SMILES string of the molecule is O=C(O)C1CC=CCC1C(=O)O.O=C1OC(=O)C2CC=CCC12. The number of ether oxygens (including phenoxy) is 1. The largest absolute Gasteiger partial charge is 0.481 e. The lowest BCUT2D eigenvalue weighted by atomic mass is 9.83. The number of cyclic esters (lactones) is 2. The number of allylic oxidation sites excluding steroid dienone is 4. The van der Waals surface area contributed by atoms with E-state index in [4.69, 9.17) is 10.2 Å². The van der Waals surface area contributed by atoms with Crippen LogP contribution in [0.1, 0.15) is 25.7 Å². The van der Waals surface area contributed by atoms with E-state index in [1.807, 2.05) is 12.2 Å². The van der Waals surface area contributed by atoms with Crippen molar-refractivity contribution in [1.82, 2.24) is 0 Å². The van der Waals surface area contributed by atoms with Gasteiger partial charge in [0.15, 0.2) is 0 Å². The Kier molecular flexibility index (Phi) is 5.31. The maximum Gasteiger partial charge on any atom is 0.317 e. The van der Waals surface area contributed by atoms with E-state index in [2.05, 4.69) is 4.74 Å². The van der Waals surface area contributed by atoms with Gasteiger partial charge in [0.05, 0.1) is 23.7 Å². The lowest BCUT2D eigenvalue weighted by molar-refractivity contribution is -0.153. The smallest absolute Gasteiger partial charge is 0.317 e. The zero-order valence-electron chi connectivity index (χ0n) is 12.4. The number of esters is 2. The fourth-order valence-electron chi connectivity index (χ4n) is 2.95. The summed E-state index contributed by atoms with van der Waals surface area (Å²) in [6.45, 7) is 0. The van der Waals surface area contributed by atoms with Gasteiger partial charge in [0, 0.05) is 0 Å². The molecule has 1 saturated heterocycles. The van der Waals surface area contributed by atoms with Crippen molar-refractivity contribution in [3.05, 3.63) is 24.3 Å². The van der Waals surface area contributed by atoms with Crippen LogP contribution in [0, 0.1) is 23.7 Å². The first-order chi connectivity index (χ1) is 10.9. The lowest BCUT2D eigenvalue weighted by Crippen LogP contribution is -2.30. The van der Waals surface area contributed by atoms with Crippen LogP contribution in [-0.4, -0.2) is 34.1 Å². The van der Waals surface area contributed by atoms with Crippen molar-refractivity contribution in [3.8, 4) is 0 Å². The Labute approximate surface area is 132 Å². The predicted octanol–water partition coefficient (Wildman–Crippen LogP) is 1.39. The summed E-state index contributed by atoms with van der Waals surface area (Å²) in [5.74, 6) is -4.62. The molecule has 0 amide bonds. The Morgan fingerprint density at radius 1 is 0.783 bits per heavy atom. The summed E-state index contributed by atoms with van der Waals surface area (Å²) < 4.78 is 4.49. The van der Waals surface area contributed by atoms with Crippen LogP contribution in [-0.2, 0) is 23.9 Å². The Morgan fingerprint density at radius 2 is 1.13 bits per heavy atom. The number of rotatable bonds is 2. The highest BCUT2D eigenvalue weighted by atomic mass is 16.6. The monoisotopic (exact) mass is 322 g/mol. The van der Waals surface area contributed by atoms with Gasteiger partial charge in [0.2, 0.25) is 0 Å². The van der Waals surface area contributed by atoms with Crippen LogP contribution >= 0.6 is 0 Å². The second kappa shape index (κ2) is 7.21. The summed E-state index contributed by atoms with van der Waals surface area (Å²) in [5.41, 5.74) is 0. The number of carbonyl (C=O) groups excluding carboxylic acids is 2. The Morgan fingerprint density at radius 3 is 1.48 bits per heavy atom. The molecule has 23 heavy (non-hydrogen) atoms. The van der Waals surface area contributed by atoms with Gasteiger partial charge >= 0.3 is 23.9 Å². The number of hydrogen-bond acceptors (Lipinski definition) is 5. The Balaban J connectivity index is 0.000000167. The molecular formula is C16H18O7. The van der Waals surface area contributed by atoms with Gasteiger partial charge in [-0.15, -0.1) is 0 Å². The third kappa shape index (κ3) is 3.85. The molecule has 0 spiro atoms. The molecule has 1 fully saturated rings. The third-order valence-corrected chi connectivity index (χ3v) is 4.31. The molecule has 4 atom stereocenters. The van der Waals surface area contributed by atoms with Crippen LogP contribution in [0.3, 0.4) is 0 Å². The van der Waals surface area contributed by atoms with E-state index in [0.717, 1.165) is 0 Å². The van der Waals surface area contributed by atoms with Crippen LogP contribution in [0.25, 0.3) is 0 Å². The van der Waals surface area contributed by atoms with Crippen molar-refractivity contribution >= 4 is 23.9 Å². The summed E-state index contributed by atoms with van der Waals surface area (Å²) in [7, 11) is 0. The van der Waals surface area contributed by atoms with Crippen LogP contribution in [0.15, 0.2) is 24.3 Å². The first kappa shape index (κ1) is 16.9. The minimum absolute atomic E-state index is 0.188. The zero-order chi connectivity index (χ0) is 17.0. The Hall–Kier alpha value is -2.44. The lowest BCUT2D eigenvalue weighted by Gasteiger charge is -2.20. The molecule has 0 bridgehead atoms. The van der Waals surface area contributed by atoms with Crippen LogP contribution < -0.4 is 0 Å². The van der Waals surface area contributed by atoms with Crippen LogP contribution in [0.5, 0.6) is 0 Å². The van der Waals surface area contributed by atoms with Gasteiger partial charge in [-0.25, -0.2) is 0 Å². The number of carbonyl (C=O) groups is 4. The topological polar surface area (TPSA) is 118 Å². The van der Waals surface area contributed by atoms with Gasteiger partial charge in [-0.3, -0.25) is 19.2 Å². The molecule has 2 N–H and O–H groups in total. The molecule has 3 aliphatic rings. The predicted molar refractivity (Wildman–Crippen MR) is 77.1 cm³/mol. The molecule has 0 saturated carbocycles. The highest BCUT2D eigenvalue weighted by Crippen LogP contribution is 2.32. The molecule has 0 aromatic rings. The minimum Gasteiger partial charge on any atom is -0.481 e. The average molecular weight is 322 g/mol. The van der Waals surface area contributed by atoms with Gasteiger partial charge in [0.1, 0.15) is 0 Å². The van der Waals surface area contributed by atoms with Crippen molar-refractivity contribution in [2.24, 2.45) is 23.7 Å². The average Bonchev–Trinajstić information content (AvgIpc) is 2.83. The molecule has 2 aliphatic carbocycles. The van der Waals surface area contributed by atoms with Crippen LogP contribution in [0.4, 0.5) is 0 Å². The maximum absolute atomic E-state index is 10.9. The third-order valence-electron chi connectivity index (χ3n) is 4.31. The molecule has 1 heterocycles. The summed E-state index contributed by atoms with van der Waals surface area (Å²) >= 11 is 0. The van der Waals surface area contributed by atoms with E-state index < -0.39 is 23.8 Å². The van der Waals surface area contributed by atoms with E-state index in [-0.39, 0.29) is 23.8 Å². The fraction of sp³-hybridized carbons (Fsp3) is 0.500. The number of hydrogen-bond donors (Lipinski definition) is 2. The molecule has 0 radical (unpaired) electrons. The van der Waals surface area contributed by atoms with Gasteiger partial charge in [-0.05, 0) is 25.7 Å². The standard InChI is InChI=1S/C8H10O4.C8H8O3/c9-7(10)5-3-1-2-4-6(5)8(11)12;9-7-5-3-1-2-4-6(5)8(10)11-7/h1-2,5-6H,3-4H2,(H,9,10)(H,11,12);1-2,5-6H,3-4H2. The number of aliphatic carboxylic acids is 2. The highest BCUT2D eigenvalue weighted by Gasteiger charge is 2.43. The molecule has 7 heteroatoms. The zero-order valence-corrected chi connectivity index (χ0v) is 12.4. The Bertz CT molecular complexity index is 527. The van der Waals surface area contributed by atoms with Gasteiger partial charge in [-0.1, -0.05) is 24.3 Å². The summed E-state index contributed by atoms with van der Waals surface area (Å²) in [4.78, 5) is 43.0. The number of fused-ring (bicyclic) bond motifs is 1. The van der Waals surface area contributed by atoms with E-state index >= 15 is 0 Å². The first-order valence-corrected chi connectivity index (χ1v) is 7.43. The molecule has 3 rings (SSSR count). The van der Waals surface area contributed by atoms with Crippen molar-refractivity contribution in [3.63, 3.8) is 0 Å². The van der Waals surface area contributed by atoms with E-state index in [1.54, 1.807) is 12.2 Å². The normalized spacial score (nSPS) is 31.7. The van der Waals surface area contributed by atoms with Gasteiger partial charge < -0.3 is 14.9 Å². The fourth-order valence-corrected chi connectivity index (χ4v) is 2.95. The highest BCUT2D eigenvalue weighted by molar-refractivity contribution is 5.96. The summed E-state index contributed by atoms with van der Waals surface area (Å²) in [6.07, 6.45) is 9.28. The van der Waals surface area contributed by atoms with Crippen molar-refractivity contribution in [1.29, 1.82) is 0 Å².